The van der Waals surface area contributed by atoms with E-state index in [1.54, 1.807) is 25.1 Å². The average Bonchev–Trinajstić information content (AvgIpc) is 2.51. The monoisotopic (exact) mass is 409 g/mol. The second-order valence-electron chi connectivity index (χ2n) is 8.87. The van der Waals surface area contributed by atoms with Crippen LogP contribution in [0.4, 0.5) is 5.69 Å². The maximum Gasteiger partial charge on any atom is 0.307 e. The van der Waals surface area contributed by atoms with Gasteiger partial charge in [-0.05, 0) is 86.8 Å². The van der Waals surface area contributed by atoms with Crippen molar-refractivity contribution >= 4 is 40.8 Å². The highest BCUT2D eigenvalue weighted by Gasteiger charge is 2.51. The van der Waals surface area contributed by atoms with Gasteiger partial charge in [0.2, 0.25) is 0 Å². The standard InChI is InChI=1S/C21H25Cl2NO3/c1-12(20(26)24-18-6-16(22)5-17(23)7-18)27-19(25)11-21-8-13-2-14(9-21)4-15(3-13)10-21/h5-7,12-15H,2-4,8-11H2,1H3,(H,24,26)/t12-,13?,14?,15?,21?/m0/s1. The van der Waals surface area contributed by atoms with Crippen LogP contribution in [0.5, 0.6) is 0 Å². The number of hydrogen-bond acceptors (Lipinski definition) is 3. The van der Waals surface area contributed by atoms with E-state index in [1.807, 2.05) is 0 Å². The molecule has 0 spiro atoms. The molecule has 0 heterocycles. The quantitative estimate of drug-likeness (QED) is 0.655. The number of anilines is 1. The van der Waals surface area contributed by atoms with Gasteiger partial charge in [0.1, 0.15) is 0 Å². The number of benzene rings is 1. The van der Waals surface area contributed by atoms with Gasteiger partial charge >= 0.3 is 5.97 Å². The second kappa shape index (κ2) is 7.29. The molecule has 1 aromatic carbocycles. The van der Waals surface area contributed by atoms with Crippen LogP contribution >= 0.6 is 23.2 Å². The molecule has 1 amide bonds. The van der Waals surface area contributed by atoms with E-state index in [2.05, 4.69) is 5.32 Å². The number of rotatable bonds is 5. The van der Waals surface area contributed by atoms with Crippen LogP contribution in [-0.4, -0.2) is 18.0 Å². The molecule has 0 saturated heterocycles. The van der Waals surface area contributed by atoms with Crippen LogP contribution in [0.2, 0.25) is 10.0 Å². The minimum absolute atomic E-state index is 0.114. The summed E-state index contributed by atoms with van der Waals surface area (Å²) in [5, 5.41) is 3.57. The second-order valence-corrected chi connectivity index (χ2v) is 9.75. The molecule has 6 heteroatoms. The predicted molar refractivity (Wildman–Crippen MR) is 106 cm³/mol. The third-order valence-corrected chi connectivity index (χ3v) is 6.93. The Morgan fingerprint density at radius 2 is 1.59 bits per heavy atom. The Morgan fingerprint density at radius 3 is 2.11 bits per heavy atom. The van der Waals surface area contributed by atoms with E-state index in [-0.39, 0.29) is 17.3 Å². The lowest BCUT2D eigenvalue weighted by Crippen LogP contribution is -2.47. The van der Waals surface area contributed by atoms with Gasteiger partial charge in [-0.15, -0.1) is 0 Å². The van der Waals surface area contributed by atoms with Gasteiger partial charge in [0.15, 0.2) is 6.10 Å². The molecular formula is C21H25Cl2NO3. The number of nitrogens with one attached hydrogen (secondary N) is 1. The minimum atomic E-state index is -0.857. The number of ether oxygens (including phenoxy) is 1. The summed E-state index contributed by atoms with van der Waals surface area (Å²) in [4.78, 5) is 24.9. The number of esters is 1. The maximum atomic E-state index is 12.6. The van der Waals surface area contributed by atoms with Crippen LogP contribution in [-0.2, 0) is 14.3 Å². The summed E-state index contributed by atoms with van der Waals surface area (Å²) in [6.45, 7) is 1.60. The minimum Gasteiger partial charge on any atom is -0.453 e. The van der Waals surface area contributed by atoms with Crippen molar-refractivity contribution < 1.29 is 14.3 Å². The van der Waals surface area contributed by atoms with Gasteiger partial charge in [-0.1, -0.05) is 23.2 Å². The summed E-state index contributed by atoms with van der Waals surface area (Å²) in [6.07, 6.45) is 7.06. The molecule has 4 aliphatic carbocycles. The number of carbonyl (C=O) groups excluding carboxylic acids is 2. The van der Waals surface area contributed by atoms with Crippen molar-refractivity contribution in [1.82, 2.24) is 0 Å². The van der Waals surface area contributed by atoms with E-state index >= 15 is 0 Å². The largest absolute Gasteiger partial charge is 0.453 e. The Hall–Kier alpha value is -1.26. The molecule has 4 nitrogen and oxygen atoms in total. The molecule has 4 saturated carbocycles. The Morgan fingerprint density at radius 1 is 1.07 bits per heavy atom. The summed E-state index contributed by atoms with van der Waals surface area (Å²) < 4.78 is 5.47. The van der Waals surface area contributed by atoms with Gasteiger partial charge in [0.05, 0.1) is 6.42 Å². The Kier molecular flexibility index (Phi) is 5.15. The molecule has 0 unspecified atom stereocenters. The smallest absolute Gasteiger partial charge is 0.307 e. The Labute approximate surface area is 169 Å². The lowest BCUT2D eigenvalue weighted by molar-refractivity contribution is -0.160. The molecule has 0 radical (unpaired) electrons. The third-order valence-electron chi connectivity index (χ3n) is 6.49. The van der Waals surface area contributed by atoms with Crippen molar-refractivity contribution in [3.63, 3.8) is 0 Å². The number of hydrogen-bond donors (Lipinski definition) is 1. The highest BCUT2D eigenvalue weighted by atomic mass is 35.5. The SMILES string of the molecule is C[C@H](OC(=O)CC12CC3CC(CC(C3)C1)C2)C(=O)Nc1cc(Cl)cc(Cl)c1. The maximum absolute atomic E-state index is 12.6. The van der Waals surface area contributed by atoms with Gasteiger partial charge < -0.3 is 10.1 Å². The molecule has 27 heavy (non-hydrogen) atoms. The first kappa shape index (κ1) is 19.1. The van der Waals surface area contributed by atoms with Crippen molar-refractivity contribution in [1.29, 1.82) is 0 Å². The van der Waals surface area contributed by atoms with Crippen molar-refractivity contribution in [2.45, 2.75) is 58.0 Å². The molecule has 0 aromatic heterocycles. The molecule has 5 rings (SSSR count). The van der Waals surface area contributed by atoms with E-state index in [0.717, 1.165) is 37.0 Å². The first-order chi connectivity index (χ1) is 12.8. The van der Waals surface area contributed by atoms with Crippen LogP contribution in [0.25, 0.3) is 0 Å². The fourth-order valence-corrected chi connectivity index (χ4v) is 6.50. The first-order valence-electron chi connectivity index (χ1n) is 9.77. The molecule has 0 aliphatic heterocycles. The van der Waals surface area contributed by atoms with E-state index in [0.29, 0.717) is 22.2 Å². The highest BCUT2D eigenvalue weighted by Crippen LogP contribution is 2.61. The molecule has 4 bridgehead atoms. The van der Waals surface area contributed by atoms with Crippen LogP contribution in [0.3, 0.4) is 0 Å². The van der Waals surface area contributed by atoms with Gasteiger partial charge in [-0.2, -0.15) is 0 Å². The molecule has 4 fully saturated rings. The molecule has 146 valence electrons. The number of halogens is 2. The van der Waals surface area contributed by atoms with E-state index in [1.165, 1.54) is 19.3 Å². The van der Waals surface area contributed by atoms with Crippen molar-refractivity contribution in [2.75, 3.05) is 5.32 Å². The van der Waals surface area contributed by atoms with E-state index in [4.69, 9.17) is 27.9 Å². The highest BCUT2D eigenvalue weighted by molar-refractivity contribution is 6.35. The van der Waals surface area contributed by atoms with Gasteiger partial charge in [-0.25, -0.2) is 0 Å². The fourth-order valence-electron chi connectivity index (χ4n) is 5.97. The van der Waals surface area contributed by atoms with Crippen LogP contribution in [0, 0.1) is 23.2 Å². The fraction of sp³-hybridized carbons (Fsp3) is 0.619. The number of amides is 1. The third kappa shape index (κ3) is 4.27. The predicted octanol–water partition coefficient (Wildman–Crippen LogP) is 5.47. The van der Waals surface area contributed by atoms with Crippen molar-refractivity contribution in [3.8, 4) is 0 Å². The summed E-state index contributed by atoms with van der Waals surface area (Å²) in [5.41, 5.74) is 0.601. The summed E-state index contributed by atoms with van der Waals surface area (Å²) in [5.74, 6) is 1.72. The number of carbonyl (C=O) groups is 2. The van der Waals surface area contributed by atoms with Gasteiger partial charge in [0.25, 0.3) is 5.91 Å². The van der Waals surface area contributed by atoms with E-state index in [9.17, 15) is 9.59 Å². The molecule has 1 N–H and O–H groups in total. The molecule has 4 aliphatic rings. The molecule has 1 aromatic rings. The summed E-state index contributed by atoms with van der Waals surface area (Å²) >= 11 is 11.9. The average molecular weight is 410 g/mol. The lowest BCUT2D eigenvalue weighted by Gasteiger charge is -2.56. The summed E-state index contributed by atoms with van der Waals surface area (Å²) in [6, 6.07) is 4.80. The topological polar surface area (TPSA) is 55.4 Å². The Balaban J connectivity index is 1.33. The van der Waals surface area contributed by atoms with Crippen molar-refractivity contribution in [2.24, 2.45) is 23.2 Å². The van der Waals surface area contributed by atoms with Gasteiger partial charge in [0, 0.05) is 15.7 Å². The zero-order chi connectivity index (χ0) is 19.2. The Bertz CT molecular complexity index is 708. The van der Waals surface area contributed by atoms with Crippen LogP contribution in [0.1, 0.15) is 51.9 Å². The normalized spacial score (nSPS) is 32.2. The van der Waals surface area contributed by atoms with E-state index < -0.39 is 6.10 Å². The first-order valence-corrected chi connectivity index (χ1v) is 10.5. The zero-order valence-electron chi connectivity index (χ0n) is 15.5. The van der Waals surface area contributed by atoms with Crippen LogP contribution in [0.15, 0.2) is 18.2 Å². The van der Waals surface area contributed by atoms with Gasteiger partial charge in [-0.3, -0.25) is 9.59 Å². The lowest BCUT2D eigenvalue weighted by atomic mass is 9.49. The molecular weight excluding hydrogens is 385 g/mol. The summed E-state index contributed by atoms with van der Waals surface area (Å²) in [7, 11) is 0. The van der Waals surface area contributed by atoms with Crippen LogP contribution < -0.4 is 5.32 Å². The molecule has 1 atom stereocenters. The zero-order valence-corrected chi connectivity index (χ0v) is 17.0. The van der Waals surface area contributed by atoms with Crippen molar-refractivity contribution in [3.05, 3.63) is 28.2 Å².